The van der Waals surface area contributed by atoms with E-state index in [1.54, 1.807) is 0 Å². The average Bonchev–Trinajstić information content (AvgIpc) is 2.12. The highest BCUT2D eigenvalue weighted by atomic mass is 16.6. The van der Waals surface area contributed by atoms with Gasteiger partial charge < -0.3 is 30.5 Å². The second-order valence-corrected chi connectivity index (χ2v) is 3.64. The Bertz CT molecular complexity index is 198. The van der Waals surface area contributed by atoms with Crippen LogP contribution < -0.4 is 5.32 Å². The second kappa shape index (κ2) is 4.09. The van der Waals surface area contributed by atoms with Gasteiger partial charge in [0.15, 0.2) is 5.79 Å². The fraction of sp³-hybridized carbons (Fsp3) is 1.00. The van der Waals surface area contributed by atoms with Gasteiger partial charge in [0.2, 0.25) is 0 Å². The van der Waals surface area contributed by atoms with Gasteiger partial charge in [0, 0.05) is 0 Å². The third-order valence-corrected chi connectivity index (χ3v) is 2.53. The van der Waals surface area contributed by atoms with E-state index in [9.17, 15) is 15.3 Å². The lowest BCUT2D eigenvalue weighted by molar-refractivity contribution is -0.310. The van der Waals surface area contributed by atoms with Gasteiger partial charge in [-0.15, -0.1) is 0 Å². The van der Waals surface area contributed by atoms with Gasteiger partial charge in [0.05, 0.1) is 12.6 Å². The molecule has 0 radical (unpaired) electrons. The molecule has 1 rings (SSSR count). The standard InChI is InChI=1S/C8H17NO5/c1-8(13)7(9-2)6(12)5(11)4(3-10)14-8/h4-7,9-13H,3H2,1-2H3/t4-,5-,6+,7-,8+/m1/s1. The molecule has 0 aliphatic carbocycles. The number of nitrogens with one attached hydrogen (secondary N) is 1. The molecule has 14 heavy (non-hydrogen) atoms. The SMILES string of the molecule is CN[C@@H]1[C@@H](O)[C@H](O)[C@@H](CO)O[C@]1(C)O. The zero-order valence-corrected chi connectivity index (χ0v) is 8.21. The maximum atomic E-state index is 9.76. The van der Waals surface area contributed by atoms with Crippen LogP contribution in [-0.2, 0) is 4.74 Å². The number of hydrogen-bond donors (Lipinski definition) is 5. The Hall–Kier alpha value is -0.240. The monoisotopic (exact) mass is 207 g/mol. The molecule has 84 valence electrons. The van der Waals surface area contributed by atoms with Gasteiger partial charge in [-0.3, -0.25) is 0 Å². The van der Waals surface area contributed by atoms with Gasteiger partial charge in [0.1, 0.15) is 18.3 Å². The smallest absolute Gasteiger partial charge is 0.181 e. The first-order valence-corrected chi connectivity index (χ1v) is 4.48. The highest BCUT2D eigenvalue weighted by Gasteiger charge is 2.49. The average molecular weight is 207 g/mol. The van der Waals surface area contributed by atoms with Crippen LogP contribution in [0.2, 0.25) is 0 Å². The fourth-order valence-corrected chi connectivity index (χ4v) is 1.77. The number of likely N-dealkylation sites (N-methyl/N-ethyl adjacent to an activating group) is 1. The molecule has 0 aromatic carbocycles. The summed E-state index contributed by atoms with van der Waals surface area (Å²) in [4.78, 5) is 0. The summed E-state index contributed by atoms with van der Waals surface area (Å²) in [5, 5.41) is 40.3. The summed E-state index contributed by atoms with van der Waals surface area (Å²) in [7, 11) is 1.54. The van der Waals surface area contributed by atoms with Crippen molar-refractivity contribution in [3.05, 3.63) is 0 Å². The molecule has 5 N–H and O–H groups in total. The van der Waals surface area contributed by atoms with Crippen LogP contribution in [0.4, 0.5) is 0 Å². The van der Waals surface area contributed by atoms with E-state index in [0.29, 0.717) is 0 Å². The number of hydrogen-bond acceptors (Lipinski definition) is 6. The van der Waals surface area contributed by atoms with E-state index in [1.807, 2.05) is 0 Å². The maximum Gasteiger partial charge on any atom is 0.181 e. The van der Waals surface area contributed by atoms with Gasteiger partial charge >= 0.3 is 0 Å². The van der Waals surface area contributed by atoms with Crippen LogP contribution in [-0.4, -0.2) is 64.2 Å². The molecule has 0 spiro atoms. The molecule has 1 heterocycles. The number of aliphatic hydroxyl groups excluding tert-OH is 3. The number of aliphatic hydroxyl groups is 4. The summed E-state index contributed by atoms with van der Waals surface area (Å²) in [6, 6.07) is -0.791. The van der Waals surface area contributed by atoms with Gasteiger partial charge in [-0.25, -0.2) is 0 Å². The topological polar surface area (TPSA) is 102 Å². The first-order chi connectivity index (χ1) is 6.44. The van der Waals surface area contributed by atoms with E-state index < -0.39 is 36.7 Å². The molecule has 0 aromatic rings. The van der Waals surface area contributed by atoms with Crippen molar-refractivity contribution in [2.75, 3.05) is 13.7 Å². The quantitative estimate of drug-likeness (QED) is 0.340. The first-order valence-electron chi connectivity index (χ1n) is 4.48. The summed E-state index contributed by atoms with van der Waals surface area (Å²) in [5.41, 5.74) is 0. The highest BCUT2D eigenvalue weighted by Crippen LogP contribution is 2.27. The Morgan fingerprint density at radius 3 is 2.36 bits per heavy atom. The minimum Gasteiger partial charge on any atom is -0.394 e. The third kappa shape index (κ3) is 1.90. The Morgan fingerprint density at radius 2 is 1.93 bits per heavy atom. The lowest BCUT2D eigenvalue weighted by Gasteiger charge is -2.45. The van der Waals surface area contributed by atoms with Crippen LogP contribution >= 0.6 is 0 Å². The molecule has 1 fully saturated rings. The van der Waals surface area contributed by atoms with Crippen molar-refractivity contribution >= 4 is 0 Å². The minimum atomic E-state index is -1.61. The summed E-state index contributed by atoms with van der Waals surface area (Å²) in [6.07, 6.45) is -3.36. The van der Waals surface area contributed by atoms with E-state index >= 15 is 0 Å². The van der Waals surface area contributed by atoms with Gasteiger partial charge in [-0.1, -0.05) is 0 Å². The zero-order chi connectivity index (χ0) is 10.9. The van der Waals surface area contributed by atoms with Crippen molar-refractivity contribution in [2.24, 2.45) is 0 Å². The summed E-state index contributed by atoms with van der Waals surface area (Å²) < 4.78 is 5.04. The van der Waals surface area contributed by atoms with Gasteiger partial charge in [-0.2, -0.15) is 0 Å². The van der Waals surface area contributed by atoms with E-state index in [1.165, 1.54) is 14.0 Å². The highest BCUT2D eigenvalue weighted by molar-refractivity contribution is 4.97. The van der Waals surface area contributed by atoms with Crippen LogP contribution in [0.25, 0.3) is 0 Å². The van der Waals surface area contributed by atoms with Crippen molar-refractivity contribution in [3.8, 4) is 0 Å². The van der Waals surface area contributed by atoms with Crippen LogP contribution in [0.15, 0.2) is 0 Å². The summed E-state index contributed by atoms with van der Waals surface area (Å²) >= 11 is 0. The van der Waals surface area contributed by atoms with E-state index in [-0.39, 0.29) is 0 Å². The lowest BCUT2D eigenvalue weighted by Crippen LogP contribution is -2.67. The minimum absolute atomic E-state index is 0.454. The molecule has 6 nitrogen and oxygen atoms in total. The molecule has 0 amide bonds. The summed E-state index contributed by atoms with van der Waals surface area (Å²) in [6.45, 7) is 0.913. The molecule has 0 saturated carbocycles. The molecule has 1 saturated heterocycles. The third-order valence-electron chi connectivity index (χ3n) is 2.53. The van der Waals surface area contributed by atoms with E-state index in [4.69, 9.17) is 9.84 Å². The fourth-order valence-electron chi connectivity index (χ4n) is 1.77. The summed E-state index contributed by atoms with van der Waals surface area (Å²) in [5.74, 6) is -1.61. The Morgan fingerprint density at radius 1 is 1.36 bits per heavy atom. The van der Waals surface area contributed by atoms with Gasteiger partial charge in [-0.05, 0) is 14.0 Å². The van der Waals surface area contributed by atoms with Crippen LogP contribution in [0.1, 0.15) is 6.92 Å². The van der Waals surface area contributed by atoms with Crippen LogP contribution in [0.3, 0.4) is 0 Å². The zero-order valence-electron chi connectivity index (χ0n) is 8.21. The Kier molecular flexibility index (Phi) is 3.46. The molecule has 0 bridgehead atoms. The first kappa shape index (κ1) is 11.8. The van der Waals surface area contributed by atoms with Gasteiger partial charge in [0.25, 0.3) is 0 Å². The second-order valence-electron chi connectivity index (χ2n) is 3.64. The van der Waals surface area contributed by atoms with Crippen LogP contribution in [0, 0.1) is 0 Å². The molecule has 1 aliphatic heterocycles. The predicted octanol–water partition coefficient (Wildman–Crippen LogP) is -2.60. The molecule has 0 unspecified atom stereocenters. The van der Waals surface area contributed by atoms with Crippen molar-refractivity contribution in [1.29, 1.82) is 0 Å². The van der Waals surface area contributed by atoms with Crippen molar-refractivity contribution in [3.63, 3.8) is 0 Å². The largest absolute Gasteiger partial charge is 0.394 e. The molecular weight excluding hydrogens is 190 g/mol. The van der Waals surface area contributed by atoms with Crippen molar-refractivity contribution < 1.29 is 25.2 Å². The maximum absolute atomic E-state index is 9.76. The number of rotatable bonds is 2. The van der Waals surface area contributed by atoms with Crippen molar-refractivity contribution in [2.45, 2.75) is 37.1 Å². The molecule has 1 aliphatic rings. The lowest BCUT2D eigenvalue weighted by atomic mass is 9.91. The Balaban J connectivity index is 2.83. The van der Waals surface area contributed by atoms with E-state index in [2.05, 4.69) is 5.32 Å². The Labute approximate surface area is 82.1 Å². The molecule has 0 aromatic heterocycles. The number of ether oxygens (including phenoxy) is 1. The molecular formula is C8H17NO5. The molecule has 5 atom stereocenters. The van der Waals surface area contributed by atoms with E-state index in [0.717, 1.165) is 0 Å². The van der Waals surface area contributed by atoms with Crippen molar-refractivity contribution in [1.82, 2.24) is 5.32 Å². The van der Waals surface area contributed by atoms with Crippen LogP contribution in [0.5, 0.6) is 0 Å². The normalized spacial score (nSPS) is 49.3. The predicted molar refractivity (Wildman–Crippen MR) is 47.4 cm³/mol. The molecule has 6 heteroatoms.